The molecule has 1 aromatic carbocycles. The van der Waals surface area contributed by atoms with Gasteiger partial charge in [0, 0.05) is 24.4 Å². The summed E-state index contributed by atoms with van der Waals surface area (Å²) in [5.74, 6) is 0.757. The smallest absolute Gasteiger partial charge is 0.408 e. The van der Waals surface area contributed by atoms with E-state index in [1.54, 1.807) is 24.5 Å². The molecule has 1 unspecified atom stereocenters. The van der Waals surface area contributed by atoms with Gasteiger partial charge in [0.15, 0.2) is 0 Å². The molecule has 0 aliphatic carbocycles. The third-order valence-corrected chi connectivity index (χ3v) is 3.65. The number of ether oxygens (including phenoxy) is 1. The molecule has 0 radical (unpaired) electrons. The monoisotopic (exact) mass is 366 g/mol. The number of aromatic nitrogens is 3. The van der Waals surface area contributed by atoms with E-state index in [0.717, 1.165) is 11.1 Å². The lowest BCUT2D eigenvalue weighted by Gasteiger charge is -2.22. The third-order valence-electron chi connectivity index (χ3n) is 3.65. The van der Waals surface area contributed by atoms with E-state index in [9.17, 15) is 4.79 Å². The van der Waals surface area contributed by atoms with Gasteiger partial charge in [-0.15, -0.1) is 0 Å². The van der Waals surface area contributed by atoms with Crippen LogP contribution < -0.4 is 5.32 Å². The molecule has 140 valence electrons. The number of nitrogens with one attached hydrogen (secondary N) is 1. The maximum Gasteiger partial charge on any atom is 0.408 e. The van der Waals surface area contributed by atoms with Gasteiger partial charge in [0.2, 0.25) is 11.7 Å². The molecule has 0 spiro atoms. The fraction of sp³-hybridized carbons (Fsp3) is 0.300. The van der Waals surface area contributed by atoms with E-state index >= 15 is 0 Å². The number of carbonyl (C=O) groups excluding carboxylic acids is 1. The lowest BCUT2D eigenvalue weighted by Crippen LogP contribution is -2.36. The van der Waals surface area contributed by atoms with Gasteiger partial charge in [-0.25, -0.2) is 4.79 Å². The molecule has 7 nitrogen and oxygen atoms in total. The van der Waals surface area contributed by atoms with Crippen molar-refractivity contribution < 1.29 is 14.1 Å². The Morgan fingerprint density at radius 2 is 1.85 bits per heavy atom. The Hall–Kier alpha value is -3.22. The van der Waals surface area contributed by atoms with Gasteiger partial charge in [0.1, 0.15) is 11.6 Å². The second-order valence-corrected chi connectivity index (χ2v) is 7.08. The molecular weight excluding hydrogens is 344 g/mol. The lowest BCUT2D eigenvalue weighted by atomic mass is 10.1. The average molecular weight is 366 g/mol. The molecule has 2 heterocycles. The van der Waals surface area contributed by atoms with Crippen LogP contribution in [0.4, 0.5) is 4.79 Å². The number of alkyl carbamates (subject to hydrolysis) is 1. The summed E-state index contributed by atoms with van der Waals surface area (Å²) >= 11 is 0. The zero-order valence-electron chi connectivity index (χ0n) is 15.5. The van der Waals surface area contributed by atoms with Crippen LogP contribution in [-0.4, -0.2) is 26.8 Å². The van der Waals surface area contributed by atoms with Crippen LogP contribution in [0.5, 0.6) is 0 Å². The van der Waals surface area contributed by atoms with Crippen LogP contribution in [0.2, 0.25) is 0 Å². The Kier molecular flexibility index (Phi) is 5.49. The second-order valence-electron chi connectivity index (χ2n) is 7.08. The van der Waals surface area contributed by atoms with Crippen molar-refractivity contribution in [2.24, 2.45) is 0 Å². The maximum absolute atomic E-state index is 12.3. The highest BCUT2D eigenvalue weighted by molar-refractivity contribution is 5.68. The number of hydrogen-bond donors (Lipinski definition) is 1. The quantitative estimate of drug-likeness (QED) is 0.735. The average Bonchev–Trinajstić information content (AvgIpc) is 3.11. The van der Waals surface area contributed by atoms with E-state index in [1.165, 1.54) is 0 Å². The van der Waals surface area contributed by atoms with Crippen LogP contribution in [-0.2, 0) is 11.2 Å². The van der Waals surface area contributed by atoms with E-state index in [-0.39, 0.29) is 0 Å². The first-order chi connectivity index (χ1) is 12.9. The Balaban J connectivity index is 1.83. The molecule has 2 aromatic heterocycles. The fourth-order valence-corrected chi connectivity index (χ4v) is 2.49. The molecule has 27 heavy (non-hydrogen) atoms. The second kappa shape index (κ2) is 7.99. The summed E-state index contributed by atoms with van der Waals surface area (Å²) < 4.78 is 10.8. The molecule has 0 bridgehead atoms. The molecule has 1 atom stereocenters. The van der Waals surface area contributed by atoms with Crippen molar-refractivity contribution in [1.82, 2.24) is 20.4 Å². The summed E-state index contributed by atoms with van der Waals surface area (Å²) in [7, 11) is 0. The number of carbonyl (C=O) groups is 1. The molecule has 3 rings (SSSR count). The first kappa shape index (κ1) is 18.6. The minimum atomic E-state index is -0.599. The van der Waals surface area contributed by atoms with Crippen molar-refractivity contribution in [3.8, 4) is 11.4 Å². The molecular formula is C20H22N4O3. The van der Waals surface area contributed by atoms with Crippen LogP contribution in [0, 0.1) is 0 Å². The number of nitrogens with zero attached hydrogens (tertiary/aromatic N) is 3. The minimum Gasteiger partial charge on any atom is -0.444 e. The molecule has 0 aliphatic rings. The standard InChI is InChI=1S/C20H22N4O3/c1-20(2,3)26-19(25)22-16(13-14-7-5-4-6-8-14)18-23-17(24-27-18)15-9-11-21-12-10-15/h4-12,16H,13H2,1-3H3,(H,22,25). The molecule has 0 fully saturated rings. The molecule has 3 aromatic rings. The first-order valence-electron chi connectivity index (χ1n) is 8.68. The Morgan fingerprint density at radius 3 is 2.52 bits per heavy atom. The maximum atomic E-state index is 12.3. The van der Waals surface area contributed by atoms with Gasteiger partial charge in [0.25, 0.3) is 0 Å². The first-order valence-corrected chi connectivity index (χ1v) is 8.68. The van der Waals surface area contributed by atoms with Gasteiger partial charge in [-0.3, -0.25) is 4.98 Å². The largest absolute Gasteiger partial charge is 0.444 e. The van der Waals surface area contributed by atoms with Crippen molar-refractivity contribution in [3.05, 3.63) is 66.3 Å². The van der Waals surface area contributed by atoms with Crippen LogP contribution in [0.25, 0.3) is 11.4 Å². The summed E-state index contributed by atoms with van der Waals surface area (Å²) in [4.78, 5) is 20.7. The normalized spacial score (nSPS) is 12.4. The summed E-state index contributed by atoms with van der Waals surface area (Å²) in [5, 5.41) is 6.86. The molecule has 0 saturated carbocycles. The number of hydrogen-bond acceptors (Lipinski definition) is 6. The van der Waals surface area contributed by atoms with Crippen molar-refractivity contribution in [1.29, 1.82) is 0 Å². The summed E-state index contributed by atoms with van der Waals surface area (Å²) in [6, 6.07) is 12.9. The topological polar surface area (TPSA) is 90.1 Å². The van der Waals surface area contributed by atoms with E-state index in [4.69, 9.17) is 9.26 Å². The Labute approximate surface area is 157 Å². The fourth-order valence-electron chi connectivity index (χ4n) is 2.49. The zero-order valence-corrected chi connectivity index (χ0v) is 15.5. The van der Waals surface area contributed by atoms with Gasteiger partial charge < -0.3 is 14.6 Å². The van der Waals surface area contributed by atoms with Gasteiger partial charge in [0.05, 0.1) is 0 Å². The molecule has 0 saturated heterocycles. The summed E-state index contributed by atoms with van der Waals surface area (Å²) in [6.07, 6.45) is 3.28. The Morgan fingerprint density at radius 1 is 1.15 bits per heavy atom. The van der Waals surface area contributed by atoms with E-state index < -0.39 is 17.7 Å². The van der Waals surface area contributed by atoms with Crippen molar-refractivity contribution >= 4 is 6.09 Å². The molecule has 7 heteroatoms. The number of rotatable bonds is 5. The van der Waals surface area contributed by atoms with Crippen LogP contribution in [0.1, 0.15) is 38.3 Å². The SMILES string of the molecule is CC(C)(C)OC(=O)NC(Cc1ccccc1)c1nc(-c2ccncc2)no1. The molecule has 1 amide bonds. The Bertz CT molecular complexity index is 873. The van der Waals surface area contributed by atoms with Crippen LogP contribution >= 0.6 is 0 Å². The van der Waals surface area contributed by atoms with E-state index in [0.29, 0.717) is 18.1 Å². The minimum absolute atomic E-state index is 0.316. The van der Waals surface area contributed by atoms with Gasteiger partial charge in [-0.2, -0.15) is 4.98 Å². The van der Waals surface area contributed by atoms with Crippen LogP contribution in [0.3, 0.4) is 0 Å². The number of pyridine rings is 1. The predicted octanol–water partition coefficient (Wildman–Crippen LogP) is 3.94. The third kappa shape index (κ3) is 5.37. The summed E-state index contributed by atoms with van der Waals surface area (Å²) in [5.41, 5.74) is 1.22. The van der Waals surface area contributed by atoms with Crippen molar-refractivity contribution in [2.75, 3.05) is 0 Å². The van der Waals surface area contributed by atoms with Gasteiger partial charge >= 0.3 is 6.09 Å². The van der Waals surface area contributed by atoms with Gasteiger partial charge in [-0.1, -0.05) is 35.5 Å². The van der Waals surface area contributed by atoms with Crippen LogP contribution in [0.15, 0.2) is 59.4 Å². The number of benzene rings is 1. The van der Waals surface area contributed by atoms with E-state index in [1.807, 2.05) is 51.1 Å². The van der Waals surface area contributed by atoms with Crippen molar-refractivity contribution in [2.45, 2.75) is 38.8 Å². The highest BCUT2D eigenvalue weighted by Gasteiger charge is 2.25. The highest BCUT2D eigenvalue weighted by atomic mass is 16.6. The van der Waals surface area contributed by atoms with Gasteiger partial charge in [-0.05, 0) is 38.5 Å². The zero-order chi connectivity index (χ0) is 19.3. The number of amides is 1. The lowest BCUT2D eigenvalue weighted by molar-refractivity contribution is 0.0493. The summed E-state index contributed by atoms with van der Waals surface area (Å²) in [6.45, 7) is 5.44. The predicted molar refractivity (Wildman–Crippen MR) is 99.8 cm³/mol. The van der Waals surface area contributed by atoms with Crippen molar-refractivity contribution in [3.63, 3.8) is 0 Å². The molecule has 0 aliphatic heterocycles. The molecule has 1 N–H and O–H groups in total. The van der Waals surface area contributed by atoms with E-state index in [2.05, 4.69) is 20.4 Å². The highest BCUT2D eigenvalue weighted by Crippen LogP contribution is 2.22.